The fraction of sp³-hybridized carbons (Fsp3) is 0.333. The van der Waals surface area contributed by atoms with Gasteiger partial charge in [0.15, 0.2) is 11.5 Å². The zero-order chi connectivity index (χ0) is 20.7. The molecule has 0 aromatic heterocycles. The van der Waals surface area contributed by atoms with Crippen LogP contribution in [0.3, 0.4) is 0 Å². The molecule has 0 aliphatic carbocycles. The van der Waals surface area contributed by atoms with Crippen molar-refractivity contribution in [3.63, 3.8) is 0 Å². The molecule has 2 aromatic rings. The lowest BCUT2D eigenvalue weighted by Gasteiger charge is -2.18. The van der Waals surface area contributed by atoms with Crippen LogP contribution in [0, 0.1) is 17.1 Å². The summed E-state index contributed by atoms with van der Waals surface area (Å²) in [4.78, 5) is 12.4. The number of carbonyl (C=O) groups is 1. The average molecular weight is 386 g/mol. The Bertz CT molecular complexity index is 837. The zero-order valence-electron chi connectivity index (χ0n) is 16.3. The zero-order valence-corrected chi connectivity index (χ0v) is 16.3. The molecule has 2 aromatic carbocycles. The second-order valence-electron chi connectivity index (χ2n) is 6.25. The first-order valence-corrected chi connectivity index (χ1v) is 8.67. The van der Waals surface area contributed by atoms with Gasteiger partial charge in [-0.3, -0.25) is 4.79 Å². The van der Waals surface area contributed by atoms with Crippen LogP contribution >= 0.6 is 0 Å². The highest BCUT2D eigenvalue weighted by molar-refractivity contribution is 5.78. The molecule has 0 radical (unpaired) electrons. The molecule has 148 valence electrons. The van der Waals surface area contributed by atoms with Crippen molar-refractivity contribution in [1.82, 2.24) is 5.32 Å². The number of ether oxygens (including phenoxy) is 3. The van der Waals surface area contributed by atoms with Gasteiger partial charge in [0.1, 0.15) is 11.9 Å². The lowest BCUT2D eigenvalue weighted by molar-refractivity contribution is -0.121. The number of methoxy groups -OCH3 is 3. The molecule has 0 fully saturated rings. The Hall–Kier alpha value is -3.27. The first kappa shape index (κ1) is 21.0. The molecule has 0 heterocycles. The number of nitrogens with zero attached hydrogens (tertiary/aromatic N) is 1. The maximum absolute atomic E-state index is 13.1. The summed E-state index contributed by atoms with van der Waals surface area (Å²) in [6.07, 6.45) is 0.161. The predicted octanol–water partition coefficient (Wildman–Crippen LogP) is 3.73. The van der Waals surface area contributed by atoms with Crippen molar-refractivity contribution in [3.05, 3.63) is 53.3 Å². The number of halogens is 1. The van der Waals surface area contributed by atoms with Crippen molar-refractivity contribution in [1.29, 1.82) is 5.26 Å². The number of nitriles is 1. The second-order valence-corrected chi connectivity index (χ2v) is 6.25. The number of carbonyl (C=O) groups excluding carboxylic acids is 1. The van der Waals surface area contributed by atoms with Gasteiger partial charge in [-0.2, -0.15) is 5.26 Å². The van der Waals surface area contributed by atoms with E-state index in [9.17, 15) is 14.4 Å². The summed E-state index contributed by atoms with van der Waals surface area (Å²) in [5.41, 5.74) is 1.36. The molecule has 0 saturated heterocycles. The van der Waals surface area contributed by atoms with Crippen molar-refractivity contribution in [2.24, 2.45) is 0 Å². The summed E-state index contributed by atoms with van der Waals surface area (Å²) in [7, 11) is 4.44. The number of rotatable bonds is 8. The molecule has 1 N–H and O–H groups in total. The van der Waals surface area contributed by atoms with Crippen LogP contribution in [0.2, 0.25) is 0 Å². The maximum atomic E-state index is 13.1. The standard InChI is InChI=1S/C21H23FN2O4/c1-13(14-5-7-16(22)8-6-14)9-20(25)24-17(12-23)15-10-18(26-2)21(28-4)19(11-15)27-3/h5-8,10-11,13,17H,9H2,1-4H3,(H,24,25). The van der Waals surface area contributed by atoms with Crippen LogP contribution < -0.4 is 19.5 Å². The van der Waals surface area contributed by atoms with Crippen LogP contribution in [0.5, 0.6) is 17.2 Å². The first-order valence-electron chi connectivity index (χ1n) is 8.67. The van der Waals surface area contributed by atoms with E-state index in [1.807, 2.05) is 6.92 Å². The van der Waals surface area contributed by atoms with Gasteiger partial charge in [-0.1, -0.05) is 19.1 Å². The van der Waals surface area contributed by atoms with Crippen LogP contribution in [-0.4, -0.2) is 27.2 Å². The van der Waals surface area contributed by atoms with E-state index in [1.165, 1.54) is 33.5 Å². The Kier molecular flexibility index (Phi) is 7.21. The molecule has 6 nitrogen and oxygen atoms in total. The van der Waals surface area contributed by atoms with Gasteiger partial charge >= 0.3 is 0 Å². The van der Waals surface area contributed by atoms with Crippen molar-refractivity contribution in [2.45, 2.75) is 25.3 Å². The molecule has 0 aliphatic heterocycles. The average Bonchev–Trinajstić information content (AvgIpc) is 2.71. The highest BCUT2D eigenvalue weighted by atomic mass is 19.1. The fourth-order valence-corrected chi connectivity index (χ4v) is 2.87. The Labute approximate surface area is 163 Å². The van der Waals surface area contributed by atoms with E-state index in [0.717, 1.165) is 5.56 Å². The van der Waals surface area contributed by atoms with Crippen LogP contribution in [0.1, 0.15) is 36.4 Å². The quantitative estimate of drug-likeness (QED) is 0.748. The van der Waals surface area contributed by atoms with Crippen LogP contribution in [0.4, 0.5) is 4.39 Å². The van der Waals surface area contributed by atoms with Gasteiger partial charge in [-0.05, 0) is 41.3 Å². The van der Waals surface area contributed by atoms with E-state index in [-0.39, 0.29) is 24.1 Å². The maximum Gasteiger partial charge on any atom is 0.221 e. The van der Waals surface area contributed by atoms with Gasteiger partial charge in [0.25, 0.3) is 0 Å². The lowest BCUT2D eigenvalue weighted by atomic mass is 9.97. The lowest BCUT2D eigenvalue weighted by Crippen LogP contribution is -2.28. The minimum Gasteiger partial charge on any atom is -0.493 e. The number of hydrogen-bond donors (Lipinski definition) is 1. The molecule has 0 aliphatic rings. The Morgan fingerprint density at radius 3 is 2.11 bits per heavy atom. The molecule has 2 atom stereocenters. The summed E-state index contributed by atoms with van der Waals surface area (Å²) in [6.45, 7) is 1.87. The number of benzene rings is 2. The molecule has 2 rings (SSSR count). The van der Waals surface area contributed by atoms with Crippen molar-refractivity contribution in [3.8, 4) is 23.3 Å². The van der Waals surface area contributed by atoms with Gasteiger partial charge < -0.3 is 19.5 Å². The summed E-state index contributed by atoms with van der Waals surface area (Å²) in [5, 5.41) is 12.3. The smallest absolute Gasteiger partial charge is 0.221 e. The van der Waals surface area contributed by atoms with Crippen LogP contribution in [0.25, 0.3) is 0 Å². The van der Waals surface area contributed by atoms with Gasteiger partial charge in [-0.25, -0.2) is 4.39 Å². The van der Waals surface area contributed by atoms with E-state index >= 15 is 0 Å². The monoisotopic (exact) mass is 386 g/mol. The minimum absolute atomic E-state index is 0.125. The van der Waals surface area contributed by atoms with E-state index in [0.29, 0.717) is 22.8 Å². The molecule has 2 unspecified atom stereocenters. The highest BCUT2D eigenvalue weighted by Crippen LogP contribution is 2.39. The molecule has 0 saturated carbocycles. The number of hydrogen-bond acceptors (Lipinski definition) is 5. The van der Waals surface area contributed by atoms with E-state index < -0.39 is 6.04 Å². The number of amides is 1. The summed E-state index contributed by atoms with van der Waals surface area (Å²) < 4.78 is 28.9. The largest absolute Gasteiger partial charge is 0.493 e. The molecule has 0 bridgehead atoms. The third kappa shape index (κ3) is 4.92. The van der Waals surface area contributed by atoms with Crippen LogP contribution in [-0.2, 0) is 4.79 Å². The number of nitrogens with one attached hydrogen (secondary N) is 1. The third-order valence-electron chi connectivity index (χ3n) is 4.39. The summed E-state index contributed by atoms with van der Waals surface area (Å²) >= 11 is 0. The minimum atomic E-state index is -0.887. The Morgan fingerprint density at radius 2 is 1.64 bits per heavy atom. The van der Waals surface area contributed by atoms with Crippen LogP contribution in [0.15, 0.2) is 36.4 Å². The van der Waals surface area contributed by atoms with Crippen molar-refractivity contribution < 1.29 is 23.4 Å². The van der Waals surface area contributed by atoms with Crippen molar-refractivity contribution >= 4 is 5.91 Å². The van der Waals surface area contributed by atoms with E-state index in [2.05, 4.69) is 11.4 Å². The molecule has 28 heavy (non-hydrogen) atoms. The third-order valence-corrected chi connectivity index (χ3v) is 4.39. The normalized spacial score (nSPS) is 12.4. The van der Waals surface area contributed by atoms with Crippen molar-refractivity contribution in [2.75, 3.05) is 21.3 Å². The molecular weight excluding hydrogens is 363 g/mol. The molecular formula is C21H23FN2O4. The molecule has 0 spiro atoms. The van der Waals surface area contributed by atoms with Gasteiger partial charge in [-0.15, -0.1) is 0 Å². The predicted molar refractivity (Wildman–Crippen MR) is 102 cm³/mol. The van der Waals surface area contributed by atoms with Gasteiger partial charge in [0, 0.05) is 6.42 Å². The Balaban J connectivity index is 2.16. The topological polar surface area (TPSA) is 80.6 Å². The molecule has 1 amide bonds. The molecule has 7 heteroatoms. The van der Waals surface area contributed by atoms with E-state index in [4.69, 9.17) is 14.2 Å². The Morgan fingerprint density at radius 1 is 1.07 bits per heavy atom. The SMILES string of the molecule is COc1cc(C(C#N)NC(=O)CC(C)c2ccc(F)cc2)cc(OC)c1OC. The highest BCUT2D eigenvalue weighted by Gasteiger charge is 2.21. The first-order chi connectivity index (χ1) is 13.4. The second kappa shape index (κ2) is 9.60. The van der Waals surface area contributed by atoms with E-state index in [1.54, 1.807) is 24.3 Å². The summed E-state index contributed by atoms with van der Waals surface area (Å²) in [6, 6.07) is 10.4. The fourth-order valence-electron chi connectivity index (χ4n) is 2.87. The summed E-state index contributed by atoms with van der Waals surface area (Å²) in [5.74, 6) is 0.447. The van der Waals surface area contributed by atoms with Gasteiger partial charge in [0.05, 0.1) is 27.4 Å². The van der Waals surface area contributed by atoms with Gasteiger partial charge in [0.2, 0.25) is 11.7 Å².